The number of carbonyl (C=O) groups excluding carboxylic acids is 2. The molecule has 1 aliphatic rings. The fourth-order valence-electron chi connectivity index (χ4n) is 3.36. The van der Waals surface area contributed by atoms with Crippen LogP contribution in [0.25, 0.3) is 0 Å². The number of rotatable bonds is 7. The summed E-state index contributed by atoms with van der Waals surface area (Å²) in [6.45, 7) is 0.222. The van der Waals surface area contributed by atoms with E-state index in [1.54, 1.807) is 12.1 Å². The average Bonchev–Trinajstić information content (AvgIpc) is 2.82. The van der Waals surface area contributed by atoms with Gasteiger partial charge in [0, 0.05) is 20.0 Å². The summed E-state index contributed by atoms with van der Waals surface area (Å²) in [6.07, 6.45) is -4.14. The number of aliphatic imine (C=N–C) groups is 1. The van der Waals surface area contributed by atoms with Gasteiger partial charge in [0.25, 0.3) is 0 Å². The van der Waals surface area contributed by atoms with Crippen LogP contribution in [0.4, 0.5) is 18.9 Å². The molecule has 1 aliphatic heterocycles. The Morgan fingerprint density at radius 1 is 1.18 bits per heavy atom. The van der Waals surface area contributed by atoms with Gasteiger partial charge < -0.3 is 14.8 Å². The van der Waals surface area contributed by atoms with Gasteiger partial charge in [-0.2, -0.15) is 13.2 Å². The third kappa shape index (κ3) is 6.02. The van der Waals surface area contributed by atoms with Gasteiger partial charge in [-0.25, -0.2) is 4.99 Å². The van der Waals surface area contributed by atoms with Crippen LogP contribution in [0.2, 0.25) is 0 Å². The van der Waals surface area contributed by atoms with E-state index >= 15 is 0 Å². The molecule has 1 fully saturated rings. The first-order valence-electron chi connectivity index (χ1n) is 10.3. The fraction of sp³-hybridized carbons (Fsp3) is 0.348. The number of halogens is 3. The molecule has 182 valence electrons. The molecule has 0 aromatic heterocycles. The molecule has 0 saturated carbocycles. The van der Waals surface area contributed by atoms with Crippen molar-refractivity contribution in [3.05, 3.63) is 53.6 Å². The van der Waals surface area contributed by atoms with Crippen LogP contribution < -0.4 is 14.8 Å². The summed E-state index contributed by atoms with van der Waals surface area (Å²) in [4.78, 5) is 30.8. The summed E-state index contributed by atoms with van der Waals surface area (Å²) < 4.78 is 49.9. The van der Waals surface area contributed by atoms with Crippen LogP contribution in [0.1, 0.15) is 17.5 Å². The molecule has 7 nitrogen and oxygen atoms in total. The van der Waals surface area contributed by atoms with Gasteiger partial charge in [-0.1, -0.05) is 23.9 Å². The highest BCUT2D eigenvalue weighted by atomic mass is 32.2. The van der Waals surface area contributed by atoms with Gasteiger partial charge in [0.15, 0.2) is 16.7 Å². The molecule has 0 aliphatic carbocycles. The van der Waals surface area contributed by atoms with Crippen molar-refractivity contribution in [2.24, 2.45) is 4.99 Å². The molecule has 1 atom stereocenters. The third-order valence-electron chi connectivity index (χ3n) is 5.15. The number of carbonyl (C=O) groups is 2. The lowest BCUT2D eigenvalue weighted by Gasteiger charge is -2.31. The minimum atomic E-state index is -4.52. The van der Waals surface area contributed by atoms with E-state index in [2.05, 4.69) is 10.3 Å². The van der Waals surface area contributed by atoms with Crippen LogP contribution in [-0.4, -0.2) is 54.9 Å². The lowest BCUT2D eigenvalue weighted by molar-refractivity contribution is -0.137. The van der Waals surface area contributed by atoms with Gasteiger partial charge in [0.1, 0.15) is 0 Å². The first-order chi connectivity index (χ1) is 16.2. The van der Waals surface area contributed by atoms with Crippen molar-refractivity contribution < 1.29 is 32.2 Å². The summed E-state index contributed by atoms with van der Waals surface area (Å²) in [5, 5.41) is 1.95. The van der Waals surface area contributed by atoms with Crippen LogP contribution in [-0.2, 0) is 22.2 Å². The highest BCUT2D eigenvalue weighted by Gasteiger charge is 2.36. The molecule has 1 saturated heterocycles. The third-order valence-corrected chi connectivity index (χ3v) is 6.34. The lowest BCUT2D eigenvalue weighted by atomic mass is 10.1. The number of benzene rings is 2. The fourth-order valence-corrected chi connectivity index (χ4v) is 4.55. The maximum absolute atomic E-state index is 13.1. The van der Waals surface area contributed by atoms with Crippen LogP contribution in [0.15, 0.2) is 47.5 Å². The number of amides is 2. The first-order valence-corrected chi connectivity index (χ1v) is 11.2. The Morgan fingerprint density at radius 2 is 1.91 bits per heavy atom. The van der Waals surface area contributed by atoms with Gasteiger partial charge in [-0.05, 0) is 42.3 Å². The average molecular weight is 496 g/mol. The zero-order chi connectivity index (χ0) is 24.9. The van der Waals surface area contributed by atoms with E-state index < -0.39 is 17.0 Å². The predicted molar refractivity (Wildman–Crippen MR) is 124 cm³/mol. The van der Waals surface area contributed by atoms with Gasteiger partial charge in [-0.15, -0.1) is 0 Å². The molecular weight excluding hydrogens is 471 g/mol. The number of thioether (sulfide) groups is 1. The Labute approximate surface area is 199 Å². The Kier molecular flexibility index (Phi) is 8.08. The first kappa shape index (κ1) is 25.4. The SMILES string of the molecule is CNC(=O)[C@H]1CC(=O)N(CCc2ccc(OC)c(OC)c2)C(=Nc2cccc(C(F)(F)F)c2)S1. The van der Waals surface area contributed by atoms with E-state index in [1.165, 1.54) is 38.3 Å². The maximum atomic E-state index is 13.1. The zero-order valence-electron chi connectivity index (χ0n) is 18.8. The van der Waals surface area contributed by atoms with Gasteiger partial charge in [0.05, 0.1) is 30.7 Å². The van der Waals surface area contributed by atoms with Crippen molar-refractivity contribution in [1.82, 2.24) is 10.2 Å². The van der Waals surface area contributed by atoms with E-state index in [0.717, 1.165) is 29.5 Å². The number of nitrogens with zero attached hydrogens (tertiary/aromatic N) is 2. The zero-order valence-corrected chi connectivity index (χ0v) is 19.6. The number of hydrogen-bond acceptors (Lipinski definition) is 6. The van der Waals surface area contributed by atoms with E-state index in [1.807, 2.05) is 6.07 Å². The Hall–Kier alpha value is -3.21. The van der Waals surface area contributed by atoms with Crippen LogP contribution in [0.5, 0.6) is 11.5 Å². The molecule has 0 unspecified atom stereocenters. The minimum absolute atomic E-state index is 0.0406. The molecule has 34 heavy (non-hydrogen) atoms. The number of methoxy groups -OCH3 is 2. The smallest absolute Gasteiger partial charge is 0.416 e. The molecule has 2 aromatic carbocycles. The molecular formula is C23H24F3N3O4S. The van der Waals surface area contributed by atoms with Crippen molar-refractivity contribution in [1.29, 1.82) is 0 Å². The molecule has 2 amide bonds. The molecule has 0 bridgehead atoms. The normalized spacial score (nSPS) is 17.6. The molecule has 1 heterocycles. The highest BCUT2D eigenvalue weighted by molar-refractivity contribution is 8.15. The van der Waals surface area contributed by atoms with Crippen molar-refractivity contribution in [2.75, 3.05) is 27.8 Å². The Balaban J connectivity index is 1.90. The maximum Gasteiger partial charge on any atom is 0.416 e. The molecule has 2 aromatic rings. The summed E-state index contributed by atoms with van der Waals surface area (Å²) in [5.74, 6) is 0.418. The second kappa shape index (κ2) is 10.8. The summed E-state index contributed by atoms with van der Waals surface area (Å²) in [5.41, 5.74) is 0.0577. The van der Waals surface area contributed by atoms with E-state index in [0.29, 0.717) is 17.9 Å². The standard InChI is InChI=1S/C23H24F3N3O4S/c1-27-21(31)19-13-20(30)29(10-9-14-7-8-17(32-2)18(11-14)33-3)22(34-19)28-16-6-4-5-15(12-16)23(24,25)26/h4-8,11-12,19H,9-10,13H2,1-3H3,(H,27,31)/t19-/m1/s1. The molecule has 0 spiro atoms. The summed E-state index contributed by atoms with van der Waals surface area (Å²) >= 11 is 1.05. The Morgan fingerprint density at radius 3 is 2.56 bits per heavy atom. The van der Waals surface area contributed by atoms with Gasteiger partial charge >= 0.3 is 6.18 Å². The van der Waals surface area contributed by atoms with Gasteiger partial charge in [0.2, 0.25) is 11.8 Å². The summed E-state index contributed by atoms with van der Waals surface area (Å²) in [6, 6.07) is 9.90. The number of hydrogen-bond donors (Lipinski definition) is 1. The Bertz CT molecular complexity index is 1090. The van der Waals surface area contributed by atoms with Crippen LogP contribution in [0, 0.1) is 0 Å². The number of alkyl halides is 3. The largest absolute Gasteiger partial charge is 0.493 e. The van der Waals surface area contributed by atoms with Crippen LogP contribution in [0.3, 0.4) is 0 Å². The highest BCUT2D eigenvalue weighted by Crippen LogP contribution is 2.34. The molecule has 11 heteroatoms. The van der Waals surface area contributed by atoms with E-state index in [9.17, 15) is 22.8 Å². The number of nitrogens with one attached hydrogen (secondary N) is 1. The summed E-state index contributed by atoms with van der Waals surface area (Å²) in [7, 11) is 4.51. The molecule has 3 rings (SSSR count). The molecule has 1 N–H and O–H groups in total. The topological polar surface area (TPSA) is 80.2 Å². The van der Waals surface area contributed by atoms with Gasteiger partial charge in [-0.3, -0.25) is 14.5 Å². The predicted octanol–water partition coefficient (Wildman–Crippen LogP) is 4.03. The minimum Gasteiger partial charge on any atom is -0.493 e. The van der Waals surface area contributed by atoms with Crippen molar-refractivity contribution in [3.63, 3.8) is 0 Å². The molecule has 0 radical (unpaired) electrons. The van der Waals surface area contributed by atoms with Crippen LogP contribution >= 0.6 is 11.8 Å². The van der Waals surface area contributed by atoms with E-state index in [-0.39, 0.29) is 35.6 Å². The van der Waals surface area contributed by atoms with Crippen molar-refractivity contribution in [3.8, 4) is 11.5 Å². The lowest BCUT2D eigenvalue weighted by Crippen LogP contribution is -2.46. The van der Waals surface area contributed by atoms with Crippen molar-refractivity contribution in [2.45, 2.75) is 24.3 Å². The number of amidine groups is 1. The second-order valence-corrected chi connectivity index (χ2v) is 8.52. The van der Waals surface area contributed by atoms with E-state index in [4.69, 9.17) is 9.47 Å². The second-order valence-electron chi connectivity index (χ2n) is 7.35. The van der Waals surface area contributed by atoms with Crippen molar-refractivity contribution >= 4 is 34.4 Å². The monoisotopic (exact) mass is 495 g/mol. The number of ether oxygens (including phenoxy) is 2. The quantitative estimate of drug-likeness (QED) is 0.628.